The number of carbonyl (C=O) groups is 1. The molecule has 0 spiro atoms. The van der Waals surface area contributed by atoms with Crippen molar-refractivity contribution in [3.63, 3.8) is 0 Å². The number of hydrogen-bond donors (Lipinski definition) is 1. The Balaban J connectivity index is 2.03. The van der Waals surface area contributed by atoms with E-state index in [4.69, 9.17) is 4.74 Å². The molecule has 1 aliphatic heterocycles. The smallest absolute Gasteiger partial charge is 0.157 e. The van der Waals surface area contributed by atoms with Gasteiger partial charge in [-0.3, -0.25) is 4.79 Å². The molecule has 0 amide bonds. The molecule has 3 heteroatoms. The molecule has 3 nitrogen and oxygen atoms in total. The highest BCUT2D eigenvalue weighted by atomic mass is 16.5. The van der Waals surface area contributed by atoms with E-state index in [1.54, 1.807) is 6.08 Å². The average molecular weight is 195 g/mol. The SMILES string of the molecule is CC1OCCC1(C)NC1=CC(=O)CC1. The van der Waals surface area contributed by atoms with Gasteiger partial charge in [0.1, 0.15) is 0 Å². The Labute approximate surface area is 84.5 Å². The molecule has 1 saturated heterocycles. The van der Waals surface area contributed by atoms with Gasteiger partial charge in [-0.05, 0) is 26.7 Å². The molecule has 0 aromatic rings. The summed E-state index contributed by atoms with van der Waals surface area (Å²) in [5.41, 5.74) is 1.09. The minimum absolute atomic E-state index is 0.0104. The summed E-state index contributed by atoms with van der Waals surface area (Å²) in [5, 5.41) is 3.45. The van der Waals surface area contributed by atoms with Gasteiger partial charge in [-0.1, -0.05) is 0 Å². The van der Waals surface area contributed by atoms with E-state index in [9.17, 15) is 4.79 Å². The van der Waals surface area contributed by atoms with Crippen LogP contribution < -0.4 is 5.32 Å². The molecule has 2 unspecified atom stereocenters. The third kappa shape index (κ3) is 1.69. The van der Waals surface area contributed by atoms with Crippen molar-refractivity contribution >= 4 is 5.78 Å². The van der Waals surface area contributed by atoms with Crippen molar-refractivity contribution in [1.29, 1.82) is 0 Å². The van der Waals surface area contributed by atoms with Crippen LogP contribution >= 0.6 is 0 Å². The molecule has 1 aliphatic carbocycles. The summed E-state index contributed by atoms with van der Waals surface area (Å²) in [4.78, 5) is 11.1. The third-order valence-corrected chi connectivity index (χ3v) is 3.31. The van der Waals surface area contributed by atoms with Crippen molar-refractivity contribution < 1.29 is 9.53 Å². The van der Waals surface area contributed by atoms with Gasteiger partial charge in [-0.25, -0.2) is 0 Å². The van der Waals surface area contributed by atoms with Gasteiger partial charge in [0.05, 0.1) is 11.6 Å². The highest BCUT2D eigenvalue weighted by Gasteiger charge is 2.37. The normalized spacial score (nSPS) is 37.4. The van der Waals surface area contributed by atoms with Crippen LogP contribution in [0.3, 0.4) is 0 Å². The van der Waals surface area contributed by atoms with E-state index in [2.05, 4.69) is 19.2 Å². The predicted molar refractivity (Wildman–Crippen MR) is 53.9 cm³/mol. The Kier molecular flexibility index (Phi) is 2.35. The maximum absolute atomic E-state index is 11.1. The lowest BCUT2D eigenvalue weighted by Crippen LogP contribution is -2.46. The largest absolute Gasteiger partial charge is 0.380 e. The molecule has 0 radical (unpaired) electrons. The second-order valence-electron chi connectivity index (χ2n) is 4.44. The van der Waals surface area contributed by atoms with E-state index in [-0.39, 0.29) is 17.4 Å². The Hall–Kier alpha value is -0.830. The lowest BCUT2D eigenvalue weighted by Gasteiger charge is -2.30. The Morgan fingerprint density at radius 3 is 2.86 bits per heavy atom. The van der Waals surface area contributed by atoms with Crippen LogP contribution in [0, 0.1) is 0 Å². The van der Waals surface area contributed by atoms with Crippen LogP contribution in [0.25, 0.3) is 0 Å². The molecule has 14 heavy (non-hydrogen) atoms. The molecular formula is C11H17NO2. The fourth-order valence-electron chi connectivity index (χ4n) is 2.06. The molecule has 0 saturated carbocycles. The summed E-state index contributed by atoms with van der Waals surface area (Å²) in [6.07, 6.45) is 4.49. The standard InChI is InChI=1S/C11H17NO2/c1-8-11(2,5-6-14-8)12-9-3-4-10(13)7-9/h7-8,12H,3-6H2,1-2H3. The zero-order valence-electron chi connectivity index (χ0n) is 8.80. The first-order valence-electron chi connectivity index (χ1n) is 5.23. The van der Waals surface area contributed by atoms with Crippen LogP contribution in [0.4, 0.5) is 0 Å². The molecule has 78 valence electrons. The van der Waals surface area contributed by atoms with E-state index in [1.807, 2.05) is 0 Å². The summed E-state index contributed by atoms with van der Waals surface area (Å²) >= 11 is 0. The first-order valence-corrected chi connectivity index (χ1v) is 5.23. The summed E-state index contributed by atoms with van der Waals surface area (Å²) in [6.45, 7) is 5.05. The predicted octanol–water partition coefficient (Wildman–Crippen LogP) is 1.39. The number of carbonyl (C=O) groups excluding carboxylic acids is 1. The summed E-state index contributed by atoms with van der Waals surface area (Å²) in [6, 6.07) is 0. The van der Waals surface area contributed by atoms with Crippen LogP contribution in [0.5, 0.6) is 0 Å². The fraction of sp³-hybridized carbons (Fsp3) is 0.727. The second-order valence-corrected chi connectivity index (χ2v) is 4.44. The molecule has 1 heterocycles. The van der Waals surface area contributed by atoms with Gasteiger partial charge in [-0.2, -0.15) is 0 Å². The van der Waals surface area contributed by atoms with Gasteiger partial charge < -0.3 is 10.1 Å². The monoisotopic (exact) mass is 195 g/mol. The number of rotatable bonds is 2. The first-order chi connectivity index (χ1) is 6.60. The van der Waals surface area contributed by atoms with E-state index >= 15 is 0 Å². The molecule has 2 atom stereocenters. The Morgan fingerprint density at radius 1 is 1.57 bits per heavy atom. The highest BCUT2D eigenvalue weighted by molar-refractivity contribution is 5.92. The molecule has 2 aliphatic rings. The van der Waals surface area contributed by atoms with Gasteiger partial charge in [0.25, 0.3) is 0 Å². The van der Waals surface area contributed by atoms with Gasteiger partial charge in [0, 0.05) is 24.8 Å². The van der Waals surface area contributed by atoms with Crippen LogP contribution in [-0.4, -0.2) is 24.0 Å². The number of allylic oxidation sites excluding steroid dienone is 2. The first kappa shape index (κ1) is 9.71. The maximum Gasteiger partial charge on any atom is 0.157 e. The molecule has 0 aromatic heterocycles. The third-order valence-electron chi connectivity index (χ3n) is 3.31. The maximum atomic E-state index is 11.1. The molecule has 0 bridgehead atoms. The van der Waals surface area contributed by atoms with E-state index in [0.29, 0.717) is 6.42 Å². The van der Waals surface area contributed by atoms with Crippen LogP contribution in [-0.2, 0) is 9.53 Å². The fourth-order valence-corrected chi connectivity index (χ4v) is 2.06. The summed E-state index contributed by atoms with van der Waals surface area (Å²) < 4.78 is 5.53. The lowest BCUT2D eigenvalue weighted by molar-refractivity contribution is -0.114. The van der Waals surface area contributed by atoms with Gasteiger partial charge in [0.2, 0.25) is 0 Å². The second kappa shape index (κ2) is 3.39. The summed E-state index contributed by atoms with van der Waals surface area (Å²) in [7, 11) is 0. The Morgan fingerprint density at radius 2 is 2.36 bits per heavy atom. The minimum Gasteiger partial charge on any atom is -0.380 e. The minimum atomic E-state index is 0.0104. The van der Waals surface area contributed by atoms with Crippen molar-refractivity contribution in [1.82, 2.24) is 5.32 Å². The number of ether oxygens (including phenoxy) is 1. The molecule has 0 aromatic carbocycles. The average Bonchev–Trinajstić information content (AvgIpc) is 2.62. The quantitative estimate of drug-likeness (QED) is 0.723. The Bertz CT molecular complexity index is 285. The highest BCUT2D eigenvalue weighted by Crippen LogP contribution is 2.28. The molecule has 2 rings (SSSR count). The molecular weight excluding hydrogens is 178 g/mol. The van der Waals surface area contributed by atoms with Crippen molar-refractivity contribution in [3.05, 3.63) is 11.8 Å². The van der Waals surface area contributed by atoms with Crippen LogP contribution in [0.2, 0.25) is 0 Å². The number of ketones is 1. The number of nitrogens with one attached hydrogen (secondary N) is 1. The number of hydrogen-bond acceptors (Lipinski definition) is 3. The summed E-state index contributed by atoms with van der Waals surface area (Å²) in [5.74, 6) is 0.239. The zero-order valence-corrected chi connectivity index (χ0v) is 8.80. The van der Waals surface area contributed by atoms with Crippen LogP contribution in [0.1, 0.15) is 33.1 Å². The van der Waals surface area contributed by atoms with Crippen molar-refractivity contribution in [2.75, 3.05) is 6.61 Å². The van der Waals surface area contributed by atoms with Crippen molar-refractivity contribution in [3.8, 4) is 0 Å². The van der Waals surface area contributed by atoms with Gasteiger partial charge >= 0.3 is 0 Å². The topological polar surface area (TPSA) is 38.3 Å². The van der Waals surface area contributed by atoms with Crippen molar-refractivity contribution in [2.24, 2.45) is 0 Å². The zero-order chi connectivity index (χ0) is 10.2. The van der Waals surface area contributed by atoms with Gasteiger partial charge in [-0.15, -0.1) is 0 Å². The lowest BCUT2D eigenvalue weighted by atomic mass is 9.94. The molecule has 1 fully saturated rings. The van der Waals surface area contributed by atoms with Crippen LogP contribution in [0.15, 0.2) is 11.8 Å². The van der Waals surface area contributed by atoms with E-state index < -0.39 is 0 Å². The van der Waals surface area contributed by atoms with Crippen molar-refractivity contribution in [2.45, 2.75) is 44.8 Å². The van der Waals surface area contributed by atoms with E-state index in [1.165, 1.54) is 0 Å². The van der Waals surface area contributed by atoms with E-state index in [0.717, 1.165) is 25.1 Å². The van der Waals surface area contributed by atoms with Gasteiger partial charge in [0.15, 0.2) is 5.78 Å². The molecule has 1 N–H and O–H groups in total.